The minimum atomic E-state index is 0.435. The van der Waals surface area contributed by atoms with Gasteiger partial charge in [-0.1, -0.05) is 24.6 Å². The standard InChI is InChI=1S/C15H23NO/c1-4-14-7-6-12(3)16(14)10-13-9-11(2)5-8-15(13)17/h5,8-9,12,14,17H,4,6-7,10H2,1-3H3. The molecule has 1 aliphatic rings. The van der Waals surface area contributed by atoms with Crippen LogP contribution in [0.5, 0.6) is 5.75 Å². The van der Waals surface area contributed by atoms with Crippen molar-refractivity contribution in [3.05, 3.63) is 29.3 Å². The molecule has 0 aromatic heterocycles. The molecule has 0 radical (unpaired) electrons. The molecular weight excluding hydrogens is 210 g/mol. The van der Waals surface area contributed by atoms with Crippen LogP contribution in [0.4, 0.5) is 0 Å². The number of hydrogen-bond donors (Lipinski definition) is 1. The molecule has 1 saturated heterocycles. The van der Waals surface area contributed by atoms with Crippen LogP contribution in [-0.2, 0) is 6.54 Å². The van der Waals surface area contributed by atoms with Crippen molar-refractivity contribution in [3.63, 3.8) is 0 Å². The third kappa shape index (κ3) is 2.63. The topological polar surface area (TPSA) is 23.5 Å². The number of benzene rings is 1. The van der Waals surface area contributed by atoms with Gasteiger partial charge in [0, 0.05) is 24.2 Å². The molecule has 2 unspecified atom stereocenters. The number of nitrogens with zero attached hydrogens (tertiary/aromatic N) is 1. The Labute approximate surface area is 104 Å². The first kappa shape index (κ1) is 12.4. The van der Waals surface area contributed by atoms with E-state index in [-0.39, 0.29) is 0 Å². The average molecular weight is 233 g/mol. The summed E-state index contributed by atoms with van der Waals surface area (Å²) in [5.41, 5.74) is 2.29. The Kier molecular flexibility index (Phi) is 3.72. The number of likely N-dealkylation sites (tertiary alicyclic amines) is 1. The quantitative estimate of drug-likeness (QED) is 0.864. The first-order chi connectivity index (χ1) is 8.11. The summed E-state index contributed by atoms with van der Waals surface area (Å²) in [5, 5.41) is 9.91. The summed E-state index contributed by atoms with van der Waals surface area (Å²) in [6, 6.07) is 7.20. The maximum absolute atomic E-state index is 9.91. The van der Waals surface area contributed by atoms with E-state index in [1.54, 1.807) is 0 Å². The van der Waals surface area contributed by atoms with Gasteiger partial charge in [-0.25, -0.2) is 0 Å². The number of phenolic OH excluding ortho intramolecular Hbond substituents is 1. The van der Waals surface area contributed by atoms with E-state index < -0.39 is 0 Å². The van der Waals surface area contributed by atoms with Crippen LogP contribution in [0.25, 0.3) is 0 Å². The SMILES string of the molecule is CCC1CCC(C)N1Cc1cc(C)ccc1O. The van der Waals surface area contributed by atoms with Crippen molar-refractivity contribution in [1.82, 2.24) is 4.90 Å². The predicted octanol–water partition coefficient (Wildman–Crippen LogP) is 3.46. The largest absolute Gasteiger partial charge is 0.508 e. The summed E-state index contributed by atoms with van der Waals surface area (Å²) in [6.45, 7) is 7.51. The number of rotatable bonds is 3. The van der Waals surface area contributed by atoms with Crippen molar-refractivity contribution < 1.29 is 5.11 Å². The first-order valence-corrected chi connectivity index (χ1v) is 6.66. The number of aromatic hydroxyl groups is 1. The van der Waals surface area contributed by atoms with E-state index in [0.717, 1.165) is 12.1 Å². The van der Waals surface area contributed by atoms with Crippen LogP contribution >= 0.6 is 0 Å². The molecule has 2 atom stereocenters. The Bertz CT molecular complexity index is 389. The highest BCUT2D eigenvalue weighted by molar-refractivity contribution is 5.35. The zero-order chi connectivity index (χ0) is 12.4. The van der Waals surface area contributed by atoms with Crippen molar-refractivity contribution >= 4 is 0 Å². The van der Waals surface area contributed by atoms with Crippen molar-refractivity contribution in [2.24, 2.45) is 0 Å². The Hall–Kier alpha value is -1.02. The maximum Gasteiger partial charge on any atom is 0.120 e. The van der Waals surface area contributed by atoms with E-state index in [0.29, 0.717) is 17.8 Å². The molecule has 1 N–H and O–H groups in total. The van der Waals surface area contributed by atoms with Crippen molar-refractivity contribution in [1.29, 1.82) is 0 Å². The fourth-order valence-corrected chi connectivity index (χ4v) is 2.89. The van der Waals surface area contributed by atoms with E-state index >= 15 is 0 Å². The van der Waals surface area contributed by atoms with Gasteiger partial charge in [-0.3, -0.25) is 4.90 Å². The smallest absolute Gasteiger partial charge is 0.120 e. The van der Waals surface area contributed by atoms with Gasteiger partial charge in [0.2, 0.25) is 0 Å². The summed E-state index contributed by atoms with van der Waals surface area (Å²) in [6.07, 6.45) is 3.78. The van der Waals surface area contributed by atoms with Gasteiger partial charge >= 0.3 is 0 Å². The zero-order valence-electron chi connectivity index (χ0n) is 11.1. The highest BCUT2D eigenvalue weighted by Gasteiger charge is 2.29. The van der Waals surface area contributed by atoms with Crippen LogP contribution in [0.2, 0.25) is 0 Å². The highest BCUT2D eigenvalue weighted by atomic mass is 16.3. The molecule has 1 aromatic rings. The third-order valence-electron chi connectivity index (χ3n) is 4.01. The van der Waals surface area contributed by atoms with E-state index in [2.05, 4.69) is 31.7 Å². The molecule has 0 spiro atoms. The molecule has 0 bridgehead atoms. The Balaban J connectivity index is 2.16. The Morgan fingerprint density at radius 3 is 2.82 bits per heavy atom. The fraction of sp³-hybridized carbons (Fsp3) is 0.600. The minimum absolute atomic E-state index is 0.435. The second kappa shape index (κ2) is 5.09. The molecule has 94 valence electrons. The molecule has 1 aliphatic heterocycles. The lowest BCUT2D eigenvalue weighted by Gasteiger charge is -2.28. The summed E-state index contributed by atoms with van der Waals surface area (Å²) in [5.74, 6) is 0.435. The number of hydrogen-bond acceptors (Lipinski definition) is 2. The average Bonchev–Trinajstić information content (AvgIpc) is 2.65. The van der Waals surface area contributed by atoms with Gasteiger partial charge in [-0.15, -0.1) is 0 Å². The van der Waals surface area contributed by atoms with E-state index in [1.807, 2.05) is 12.1 Å². The summed E-state index contributed by atoms with van der Waals surface area (Å²) < 4.78 is 0. The first-order valence-electron chi connectivity index (χ1n) is 6.66. The van der Waals surface area contributed by atoms with Crippen LogP contribution in [0, 0.1) is 6.92 Å². The lowest BCUT2D eigenvalue weighted by Crippen LogP contribution is -2.33. The molecule has 17 heavy (non-hydrogen) atoms. The van der Waals surface area contributed by atoms with Crippen LogP contribution in [0.15, 0.2) is 18.2 Å². The molecule has 2 rings (SSSR count). The van der Waals surface area contributed by atoms with Gasteiger partial charge in [0.25, 0.3) is 0 Å². The third-order valence-corrected chi connectivity index (χ3v) is 4.01. The fourth-order valence-electron chi connectivity index (χ4n) is 2.89. The number of aryl methyl sites for hydroxylation is 1. The van der Waals surface area contributed by atoms with Gasteiger partial charge in [0.1, 0.15) is 5.75 Å². The maximum atomic E-state index is 9.91. The van der Waals surface area contributed by atoms with Gasteiger partial charge in [-0.05, 0) is 39.2 Å². The Morgan fingerprint density at radius 2 is 2.12 bits per heavy atom. The minimum Gasteiger partial charge on any atom is -0.508 e. The predicted molar refractivity (Wildman–Crippen MR) is 71.2 cm³/mol. The molecule has 0 amide bonds. The van der Waals surface area contributed by atoms with E-state index in [9.17, 15) is 5.11 Å². The molecule has 0 aliphatic carbocycles. The molecule has 1 aromatic carbocycles. The van der Waals surface area contributed by atoms with Crippen LogP contribution in [-0.4, -0.2) is 22.1 Å². The molecule has 0 saturated carbocycles. The van der Waals surface area contributed by atoms with E-state index in [1.165, 1.54) is 24.8 Å². The molecule has 2 nitrogen and oxygen atoms in total. The monoisotopic (exact) mass is 233 g/mol. The van der Waals surface area contributed by atoms with Crippen LogP contribution < -0.4 is 0 Å². The summed E-state index contributed by atoms with van der Waals surface area (Å²) >= 11 is 0. The summed E-state index contributed by atoms with van der Waals surface area (Å²) in [7, 11) is 0. The summed E-state index contributed by atoms with van der Waals surface area (Å²) in [4.78, 5) is 2.54. The van der Waals surface area contributed by atoms with Crippen LogP contribution in [0.3, 0.4) is 0 Å². The molecular formula is C15H23NO. The molecule has 1 fully saturated rings. The molecule has 2 heteroatoms. The van der Waals surface area contributed by atoms with Crippen molar-refractivity contribution in [2.45, 2.75) is 58.7 Å². The highest BCUT2D eigenvalue weighted by Crippen LogP contribution is 2.30. The van der Waals surface area contributed by atoms with Crippen LogP contribution in [0.1, 0.15) is 44.2 Å². The number of phenols is 1. The zero-order valence-corrected chi connectivity index (χ0v) is 11.1. The van der Waals surface area contributed by atoms with Crippen molar-refractivity contribution in [3.8, 4) is 5.75 Å². The van der Waals surface area contributed by atoms with Crippen molar-refractivity contribution in [2.75, 3.05) is 0 Å². The molecule has 1 heterocycles. The lowest BCUT2D eigenvalue weighted by atomic mass is 10.1. The van der Waals surface area contributed by atoms with Gasteiger partial charge in [0.15, 0.2) is 0 Å². The van der Waals surface area contributed by atoms with Gasteiger partial charge in [-0.2, -0.15) is 0 Å². The van der Waals surface area contributed by atoms with Gasteiger partial charge in [0.05, 0.1) is 0 Å². The Morgan fingerprint density at radius 1 is 1.35 bits per heavy atom. The second-order valence-electron chi connectivity index (χ2n) is 5.29. The second-order valence-corrected chi connectivity index (χ2v) is 5.29. The van der Waals surface area contributed by atoms with Gasteiger partial charge < -0.3 is 5.11 Å². The lowest BCUT2D eigenvalue weighted by molar-refractivity contribution is 0.187. The normalized spacial score (nSPS) is 25.4. The van der Waals surface area contributed by atoms with E-state index in [4.69, 9.17) is 0 Å².